The van der Waals surface area contributed by atoms with Gasteiger partial charge in [-0.25, -0.2) is 0 Å². The van der Waals surface area contributed by atoms with Gasteiger partial charge in [-0.15, -0.1) is 0 Å². The second-order valence-corrected chi connectivity index (χ2v) is 2.09. The first-order chi connectivity index (χ1) is 5.43. The molecule has 0 spiro atoms. The molecule has 2 nitrogen and oxygen atoms in total. The summed E-state index contributed by atoms with van der Waals surface area (Å²) < 4.78 is 0. The van der Waals surface area contributed by atoms with Crippen LogP contribution in [0.4, 0.5) is 5.69 Å². The predicted octanol–water partition coefficient (Wildman–Crippen LogP) is 2.43. The minimum atomic E-state index is 0.606. The van der Waals surface area contributed by atoms with E-state index < -0.39 is 0 Å². The summed E-state index contributed by atoms with van der Waals surface area (Å²) in [4.78, 5) is 4.12. The van der Waals surface area contributed by atoms with Crippen LogP contribution < -0.4 is 0 Å². The summed E-state index contributed by atoms with van der Waals surface area (Å²) in [7, 11) is 0. The molecule has 0 fully saturated rings. The lowest BCUT2D eigenvalue weighted by atomic mass is 10.3. The lowest BCUT2D eigenvalue weighted by Gasteiger charge is -1.88. The Morgan fingerprint density at radius 2 is 2.00 bits per heavy atom. The predicted molar refractivity (Wildman–Crippen MR) is 48.0 cm³/mol. The summed E-state index contributed by atoms with van der Waals surface area (Å²) in [5.74, 6) is 0. The van der Waals surface area contributed by atoms with E-state index in [1.807, 2.05) is 30.3 Å². The maximum absolute atomic E-state index is 6.75. The number of para-hydroxylation sites is 1. The zero-order valence-electron chi connectivity index (χ0n) is 6.20. The lowest BCUT2D eigenvalue weighted by molar-refractivity contribution is 1.47. The van der Waals surface area contributed by atoms with Crippen molar-refractivity contribution in [2.45, 2.75) is 6.42 Å². The van der Waals surface area contributed by atoms with Crippen LogP contribution in [-0.4, -0.2) is 12.4 Å². The van der Waals surface area contributed by atoms with E-state index in [4.69, 9.17) is 5.41 Å². The molecule has 11 heavy (non-hydrogen) atoms. The maximum Gasteiger partial charge on any atom is 0.0625 e. The lowest BCUT2D eigenvalue weighted by Crippen LogP contribution is -1.73. The van der Waals surface area contributed by atoms with Gasteiger partial charge in [-0.05, 0) is 12.1 Å². The SMILES string of the molecule is N=CC/C=N/c1ccccc1. The Morgan fingerprint density at radius 3 is 2.64 bits per heavy atom. The Bertz CT molecular complexity index is 239. The summed E-state index contributed by atoms with van der Waals surface area (Å²) in [5, 5.41) is 6.75. The topological polar surface area (TPSA) is 36.2 Å². The molecular weight excluding hydrogens is 136 g/mol. The smallest absolute Gasteiger partial charge is 0.0625 e. The molecule has 0 aromatic heterocycles. The van der Waals surface area contributed by atoms with Crippen LogP contribution in [0.5, 0.6) is 0 Å². The Kier molecular flexibility index (Phi) is 3.06. The second kappa shape index (κ2) is 4.39. The maximum atomic E-state index is 6.75. The van der Waals surface area contributed by atoms with E-state index in [2.05, 4.69) is 4.99 Å². The molecule has 0 saturated heterocycles. The van der Waals surface area contributed by atoms with Crippen LogP contribution in [-0.2, 0) is 0 Å². The van der Waals surface area contributed by atoms with E-state index >= 15 is 0 Å². The van der Waals surface area contributed by atoms with Crippen molar-refractivity contribution < 1.29 is 0 Å². The van der Waals surface area contributed by atoms with Gasteiger partial charge in [-0.1, -0.05) is 18.2 Å². The standard InChI is InChI=1S/C9H10N2/c10-7-4-8-11-9-5-2-1-3-6-9/h1-3,5-8,10H,4H2/b10-7?,11-8+. The number of rotatable bonds is 3. The Labute approximate surface area is 66.1 Å². The summed E-state index contributed by atoms with van der Waals surface area (Å²) in [6.07, 6.45) is 3.66. The molecule has 0 bridgehead atoms. The highest BCUT2D eigenvalue weighted by Gasteiger charge is 1.80. The van der Waals surface area contributed by atoms with Crippen molar-refractivity contribution in [3.63, 3.8) is 0 Å². The normalized spacial score (nSPS) is 10.2. The van der Waals surface area contributed by atoms with Gasteiger partial charge < -0.3 is 5.41 Å². The van der Waals surface area contributed by atoms with Gasteiger partial charge in [-0.2, -0.15) is 0 Å². The van der Waals surface area contributed by atoms with Gasteiger partial charge >= 0.3 is 0 Å². The number of nitrogens with one attached hydrogen (secondary N) is 1. The Balaban J connectivity index is 2.57. The van der Waals surface area contributed by atoms with E-state index in [9.17, 15) is 0 Å². The molecule has 1 rings (SSSR count). The third-order valence-electron chi connectivity index (χ3n) is 1.22. The van der Waals surface area contributed by atoms with E-state index in [0.717, 1.165) is 5.69 Å². The summed E-state index contributed by atoms with van der Waals surface area (Å²) >= 11 is 0. The van der Waals surface area contributed by atoms with Crippen molar-refractivity contribution in [3.05, 3.63) is 30.3 Å². The molecule has 0 atom stereocenters. The number of aliphatic imine (C=N–C) groups is 1. The van der Waals surface area contributed by atoms with Gasteiger partial charge in [0.1, 0.15) is 0 Å². The van der Waals surface area contributed by atoms with Crippen molar-refractivity contribution in [1.29, 1.82) is 5.41 Å². The van der Waals surface area contributed by atoms with Gasteiger partial charge in [-0.3, -0.25) is 4.99 Å². The summed E-state index contributed by atoms with van der Waals surface area (Å²) in [6, 6.07) is 9.70. The molecule has 56 valence electrons. The van der Waals surface area contributed by atoms with Crippen molar-refractivity contribution in [2.75, 3.05) is 0 Å². The minimum absolute atomic E-state index is 0.606. The number of benzene rings is 1. The van der Waals surface area contributed by atoms with Crippen LogP contribution in [0.2, 0.25) is 0 Å². The summed E-state index contributed by atoms with van der Waals surface area (Å²) in [5.41, 5.74) is 0.939. The number of hydrogen-bond donors (Lipinski definition) is 1. The minimum Gasteiger partial charge on any atom is -0.313 e. The third kappa shape index (κ3) is 2.76. The highest BCUT2D eigenvalue weighted by atomic mass is 14.7. The zero-order chi connectivity index (χ0) is 7.94. The molecule has 2 heteroatoms. The molecule has 1 aromatic rings. The molecule has 0 unspecified atom stereocenters. The molecule has 0 amide bonds. The number of hydrogen-bond acceptors (Lipinski definition) is 2. The molecule has 0 aliphatic heterocycles. The van der Waals surface area contributed by atoms with E-state index in [-0.39, 0.29) is 0 Å². The first-order valence-electron chi connectivity index (χ1n) is 3.50. The molecule has 0 radical (unpaired) electrons. The van der Waals surface area contributed by atoms with E-state index in [1.54, 1.807) is 6.21 Å². The van der Waals surface area contributed by atoms with Crippen molar-refractivity contribution in [2.24, 2.45) is 4.99 Å². The quantitative estimate of drug-likeness (QED) is 0.636. The largest absolute Gasteiger partial charge is 0.313 e. The Hall–Kier alpha value is -1.44. The van der Waals surface area contributed by atoms with Gasteiger partial charge in [0.15, 0.2) is 0 Å². The second-order valence-electron chi connectivity index (χ2n) is 2.09. The molecule has 1 aromatic carbocycles. The fourth-order valence-corrected chi connectivity index (χ4v) is 0.725. The first-order valence-corrected chi connectivity index (χ1v) is 3.50. The van der Waals surface area contributed by atoms with Gasteiger partial charge in [0.25, 0.3) is 0 Å². The van der Waals surface area contributed by atoms with Gasteiger partial charge in [0, 0.05) is 18.9 Å². The molecule has 0 aliphatic carbocycles. The monoisotopic (exact) mass is 146 g/mol. The van der Waals surface area contributed by atoms with E-state index in [0.29, 0.717) is 6.42 Å². The first kappa shape index (κ1) is 7.66. The van der Waals surface area contributed by atoms with E-state index in [1.165, 1.54) is 6.21 Å². The van der Waals surface area contributed by atoms with Gasteiger partial charge in [0.05, 0.1) is 5.69 Å². The highest BCUT2D eigenvalue weighted by Crippen LogP contribution is 2.08. The molecule has 0 aliphatic rings. The average molecular weight is 146 g/mol. The van der Waals surface area contributed by atoms with Crippen LogP contribution in [0.15, 0.2) is 35.3 Å². The van der Waals surface area contributed by atoms with Crippen molar-refractivity contribution in [1.82, 2.24) is 0 Å². The highest BCUT2D eigenvalue weighted by molar-refractivity contribution is 5.79. The molecule has 0 heterocycles. The fraction of sp³-hybridized carbons (Fsp3) is 0.111. The summed E-state index contributed by atoms with van der Waals surface area (Å²) in [6.45, 7) is 0. The third-order valence-corrected chi connectivity index (χ3v) is 1.22. The zero-order valence-corrected chi connectivity index (χ0v) is 6.20. The van der Waals surface area contributed by atoms with Crippen LogP contribution >= 0.6 is 0 Å². The molecular formula is C9H10N2. The van der Waals surface area contributed by atoms with Crippen LogP contribution in [0, 0.1) is 5.41 Å². The number of nitrogens with zero attached hydrogens (tertiary/aromatic N) is 1. The van der Waals surface area contributed by atoms with Crippen LogP contribution in [0.3, 0.4) is 0 Å². The van der Waals surface area contributed by atoms with Crippen molar-refractivity contribution >= 4 is 18.1 Å². The molecule has 0 saturated carbocycles. The van der Waals surface area contributed by atoms with Crippen LogP contribution in [0.1, 0.15) is 6.42 Å². The average Bonchev–Trinajstić information content (AvgIpc) is 2.07. The van der Waals surface area contributed by atoms with Crippen molar-refractivity contribution in [3.8, 4) is 0 Å². The van der Waals surface area contributed by atoms with Crippen LogP contribution in [0.25, 0.3) is 0 Å². The molecule has 1 N–H and O–H groups in total. The van der Waals surface area contributed by atoms with Gasteiger partial charge in [0.2, 0.25) is 0 Å². The fourth-order valence-electron chi connectivity index (χ4n) is 0.725. The Morgan fingerprint density at radius 1 is 1.27 bits per heavy atom.